The molecule has 1 atom stereocenters. The molecule has 112 valence electrons. The van der Waals surface area contributed by atoms with Gasteiger partial charge in [0.15, 0.2) is 0 Å². The molecule has 0 bridgehead atoms. The molecule has 0 aliphatic carbocycles. The van der Waals surface area contributed by atoms with E-state index in [0.29, 0.717) is 19.5 Å². The summed E-state index contributed by atoms with van der Waals surface area (Å²) < 4.78 is 1.31. The van der Waals surface area contributed by atoms with Crippen molar-refractivity contribution in [3.8, 4) is 0 Å². The lowest BCUT2D eigenvalue weighted by Crippen LogP contribution is -2.32. The number of hydrogen-bond acceptors (Lipinski definition) is 4. The summed E-state index contributed by atoms with van der Waals surface area (Å²) in [5.74, 6) is -0.0308. The van der Waals surface area contributed by atoms with E-state index < -0.39 is 0 Å². The Morgan fingerprint density at radius 2 is 2.20 bits per heavy atom. The van der Waals surface area contributed by atoms with Gasteiger partial charge in [0.1, 0.15) is 5.69 Å². The summed E-state index contributed by atoms with van der Waals surface area (Å²) in [6, 6.07) is 2.80. The first-order chi connectivity index (χ1) is 9.62. The molecular weight excluding hydrogens is 258 g/mol. The molecule has 0 spiro atoms. The van der Waals surface area contributed by atoms with Gasteiger partial charge in [0.2, 0.25) is 0 Å². The highest BCUT2D eigenvalue weighted by Crippen LogP contribution is 2.05. The largest absolute Gasteiger partial charge is 0.396 e. The zero-order valence-electron chi connectivity index (χ0n) is 12.1. The molecule has 1 rings (SSSR count). The Hall–Kier alpha value is -1.69. The van der Waals surface area contributed by atoms with E-state index in [1.807, 2.05) is 13.8 Å². The molecule has 6 heteroatoms. The second-order valence-corrected chi connectivity index (χ2v) is 4.78. The van der Waals surface area contributed by atoms with Crippen LogP contribution in [0.5, 0.6) is 0 Å². The van der Waals surface area contributed by atoms with Gasteiger partial charge in [-0.2, -0.15) is 5.10 Å². The number of nitrogens with zero attached hydrogens (tertiary/aromatic N) is 2. The molecule has 0 aliphatic heterocycles. The Morgan fingerprint density at radius 1 is 1.45 bits per heavy atom. The van der Waals surface area contributed by atoms with Crippen molar-refractivity contribution >= 4 is 5.91 Å². The normalized spacial score (nSPS) is 12.2. The van der Waals surface area contributed by atoms with Crippen molar-refractivity contribution < 1.29 is 9.90 Å². The lowest BCUT2D eigenvalue weighted by Gasteiger charge is -2.14. The van der Waals surface area contributed by atoms with E-state index in [1.54, 1.807) is 0 Å². The third-order valence-corrected chi connectivity index (χ3v) is 3.20. The van der Waals surface area contributed by atoms with Crippen LogP contribution in [-0.4, -0.2) is 33.9 Å². The van der Waals surface area contributed by atoms with Gasteiger partial charge in [-0.3, -0.25) is 9.59 Å². The maximum absolute atomic E-state index is 12.0. The van der Waals surface area contributed by atoms with Gasteiger partial charge in [0.05, 0.1) is 0 Å². The van der Waals surface area contributed by atoms with Crippen LogP contribution in [0.15, 0.2) is 16.9 Å². The fraction of sp³-hybridized carbons (Fsp3) is 0.643. The summed E-state index contributed by atoms with van der Waals surface area (Å²) in [4.78, 5) is 23.5. The van der Waals surface area contributed by atoms with Crippen molar-refractivity contribution in [2.75, 3.05) is 13.2 Å². The number of aryl methyl sites for hydroxylation is 1. The number of hydrogen-bond donors (Lipinski definition) is 2. The van der Waals surface area contributed by atoms with E-state index in [9.17, 15) is 9.59 Å². The van der Waals surface area contributed by atoms with Crippen LogP contribution in [0.1, 0.15) is 43.6 Å². The van der Waals surface area contributed by atoms with Crippen molar-refractivity contribution in [1.82, 2.24) is 15.1 Å². The number of aromatic nitrogens is 2. The molecule has 1 aromatic rings. The van der Waals surface area contributed by atoms with Gasteiger partial charge in [-0.05, 0) is 24.8 Å². The van der Waals surface area contributed by atoms with E-state index >= 15 is 0 Å². The zero-order chi connectivity index (χ0) is 15.0. The number of aliphatic hydroxyl groups is 1. The SMILES string of the molecule is CCCn1nc(C(=O)NCC(CC)CCO)ccc1=O. The molecule has 1 amide bonds. The van der Waals surface area contributed by atoms with Crippen LogP contribution in [-0.2, 0) is 6.54 Å². The minimum atomic E-state index is -0.286. The summed E-state index contributed by atoms with van der Waals surface area (Å²) in [6.07, 6.45) is 2.34. The fourth-order valence-electron chi connectivity index (χ4n) is 1.90. The average molecular weight is 281 g/mol. The van der Waals surface area contributed by atoms with Gasteiger partial charge in [0, 0.05) is 25.8 Å². The molecule has 0 aromatic carbocycles. The van der Waals surface area contributed by atoms with Gasteiger partial charge in [-0.25, -0.2) is 4.68 Å². The second kappa shape index (κ2) is 8.47. The molecule has 0 fully saturated rings. The summed E-state index contributed by atoms with van der Waals surface area (Å²) >= 11 is 0. The number of carbonyl (C=O) groups excluding carboxylic acids is 1. The number of amides is 1. The Labute approximate surface area is 118 Å². The van der Waals surface area contributed by atoms with Gasteiger partial charge >= 0.3 is 0 Å². The van der Waals surface area contributed by atoms with Gasteiger partial charge < -0.3 is 10.4 Å². The minimum absolute atomic E-state index is 0.119. The van der Waals surface area contributed by atoms with E-state index in [2.05, 4.69) is 10.4 Å². The highest BCUT2D eigenvalue weighted by Gasteiger charge is 2.12. The first-order valence-corrected chi connectivity index (χ1v) is 7.09. The predicted molar refractivity (Wildman–Crippen MR) is 76.6 cm³/mol. The van der Waals surface area contributed by atoms with Crippen LogP contribution in [0.3, 0.4) is 0 Å². The Kier molecular flexibility index (Phi) is 6.93. The van der Waals surface area contributed by atoms with Gasteiger partial charge in [-0.1, -0.05) is 20.3 Å². The third-order valence-electron chi connectivity index (χ3n) is 3.20. The van der Waals surface area contributed by atoms with E-state index in [4.69, 9.17) is 5.11 Å². The quantitative estimate of drug-likeness (QED) is 0.738. The second-order valence-electron chi connectivity index (χ2n) is 4.78. The van der Waals surface area contributed by atoms with Crippen LogP contribution in [0.25, 0.3) is 0 Å². The maximum atomic E-state index is 12.0. The first kappa shape index (κ1) is 16.4. The summed E-state index contributed by atoms with van der Waals surface area (Å²) in [6.45, 7) is 5.09. The molecule has 0 saturated heterocycles. The summed E-state index contributed by atoms with van der Waals surface area (Å²) in [5, 5.41) is 15.8. The van der Waals surface area contributed by atoms with Crippen molar-refractivity contribution in [3.05, 3.63) is 28.2 Å². The van der Waals surface area contributed by atoms with Crippen molar-refractivity contribution in [3.63, 3.8) is 0 Å². The zero-order valence-corrected chi connectivity index (χ0v) is 12.1. The minimum Gasteiger partial charge on any atom is -0.396 e. The lowest BCUT2D eigenvalue weighted by molar-refractivity contribution is 0.0936. The highest BCUT2D eigenvalue weighted by molar-refractivity contribution is 5.91. The van der Waals surface area contributed by atoms with Gasteiger partial charge in [-0.15, -0.1) is 0 Å². The number of aliphatic hydroxyl groups excluding tert-OH is 1. The van der Waals surface area contributed by atoms with Crippen LogP contribution < -0.4 is 10.9 Å². The molecule has 6 nitrogen and oxygen atoms in total. The molecule has 1 aromatic heterocycles. The highest BCUT2D eigenvalue weighted by atomic mass is 16.3. The van der Waals surface area contributed by atoms with Crippen LogP contribution in [0.4, 0.5) is 0 Å². The average Bonchev–Trinajstić information content (AvgIpc) is 2.45. The first-order valence-electron chi connectivity index (χ1n) is 7.09. The van der Waals surface area contributed by atoms with Crippen LogP contribution in [0.2, 0.25) is 0 Å². The van der Waals surface area contributed by atoms with E-state index in [-0.39, 0.29) is 29.7 Å². The number of nitrogens with one attached hydrogen (secondary N) is 1. The Balaban J connectivity index is 2.67. The maximum Gasteiger partial charge on any atom is 0.271 e. The number of rotatable bonds is 8. The third kappa shape index (κ3) is 4.77. The molecule has 20 heavy (non-hydrogen) atoms. The van der Waals surface area contributed by atoms with Crippen LogP contribution in [0, 0.1) is 5.92 Å². The molecule has 0 radical (unpaired) electrons. The van der Waals surface area contributed by atoms with Crippen molar-refractivity contribution in [1.29, 1.82) is 0 Å². The molecule has 2 N–H and O–H groups in total. The molecular formula is C14H23N3O3. The smallest absolute Gasteiger partial charge is 0.271 e. The van der Waals surface area contributed by atoms with Gasteiger partial charge in [0.25, 0.3) is 11.5 Å². The van der Waals surface area contributed by atoms with E-state index in [0.717, 1.165) is 12.8 Å². The lowest BCUT2D eigenvalue weighted by atomic mass is 10.0. The van der Waals surface area contributed by atoms with Crippen molar-refractivity contribution in [2.45, 2.75) is 39.7 Å². The summed E-state index contributed by atoms with van der Waals surface area (Å²) in [7, 11) is 0. The molecule has 1 heterocycles. The number of carbonyl (C=O) groups is 1. The topological polar surface area (TPSA) is 84.2 Å². The van der Waals surface area contributed by atoms with E-state index in [1.165, 1.54) is 16.8 Å². The Bertz CT molecular complexity index is 485. The summed E-state index contributed by atoms with van der Waals surface area (Å²) in [5.41, 5.74) is 0.0482. The fourth-order valence-corrected chi connectivity index (χ4v) is 1.90. The predicted octanol–water partition coefficient (Wildman–Crippen LogP) is 0.792. The van der Waals surface area contributed by atoms with Crippen LogP contribution >= 0.6 is 0 Å². The monoisotopic (exact) mass is 281 g/mol. The molecule has 1 unspecified atom stereocenters. The standard InChI is InChI=1S/C14H23N3O3/c1-3-8-17-13(19)6-5-12(16-17)14(20)15-10-11(4-2)7-9-18/h5-6,11,18H,3-4,7-10H2,1-2H3,(H,15,20). The molecule has 0 saturated carbocycles. The Morgan fingerprint density at radius 3 is 2.80 bits per heavy atom. The van der Waals surface area contributed by atoms with Crippen molar-refractivity contribution in [2.24, 2.45) is 5.92 Å². The molecule has 0 aliphatic rings.